The quantitative estimate of drug-likeness (QED) is 0.905. The summed E-state index contributed by atoms with van der Waals surface area (Å²) in [7, 11) is 0. The third-order valence-corrected chi connectivity index (χ3v) is 4.25. The molecule has 132 valence electrons. The molecule has 1 saturated heterocycles. The summed E-state index contributed by atoms with van der Waals surface area (Å²) in [5.41, 5.74) is 1.06. The highest BCUT2D eigenvalue weighted by molar-refractivity contribution is 5.94. The summed E-state index contributed by atoms with van der Waals surface area (Å²) in [6.45, 7) is 3.17. The first-order chi connectivity index (χ1) is 12.1. The maximum Gasteiger partial charge on any atom is 0.251 e. The topological polar surface area (TPSA) is 41.6 Å². The maximum absolute atomic E-state index is 13.3. The van der Waals surface area contributed by atoms with E-state index in [0.29, 0.717) is 19.8 Å². The lowest BCUT2D eigenvalue weighted by Crippen LogP contribution is -2.43. The Labute approximate surface area is 145 Å². The molecule has 1 aliphatic heterocycles. The molecule has 1 fully saturated rings. The van der Waals surface area contributed by atoms with Crippen molar-refractivity contribution in [3.63, 3.8) is 0 Å². The summed E-state index contributed by atoms with van der Waals surface area (Å²) in [6, 6.07) is 12.6. The number of ether oxygens (including phenoxy) is 1. The molecule has 1 heterocycles. The van der Waals surface area contributed by atoms with Crippen molar-refractivity contribution in [1.82, 2.24) is 10.2 Å². The zero-order chi connectivity index (χ0) is 17.6. The van der Waals surface area contributed by atoms with Crippen molar-refractivity contribution >= 4 is 5.91 Å². The smallest absolute Gasteiger partial charge is 0.251 e. The molecule has 0 bridgehead atoms. The molecule has 0 saturated carbocycles. The molecule has 2 aromatic rings. The fourth-order valence-corrected chi connectivity index (χ4v) is 3.00. The van der Waals surface area contributed by atoms with Crippen molar-refractivity contribution in [3.8, 4) is 0 Å². The highest BCUT2D eigenvalue weighted by Crippen LogP contribution is 2.21. The number of rotatable bonds is 5. The fourth-order valence-electron chi connectivity index (χ4n) is 3.00. The Bertz CT molecular complexity index is 698. The van der Waals surface area contributed by atoms with Gasteiger partial charge in [0.25, 0.3) is 5.91 Å². The van der Waals surface area contributed by atoms with E-state index in [1.165, 1.54) is 0 Å². The molecule has 1 aliphatic rings. The molecule has 0 aromatic heterocycles. The average molecular weight is 346 g/mol. The van der Waals surface area contributed by atoms with E-state index in [9.17, 15) is 13.6 Å². The summed E-state index contributed by atoms with van der Waals surface area (Å²) in [5.74, 6) is -2.02. The maximum atomic E-state index is 13.3. The van der Waals surface area contributed by atoms with Crippen LogP contribution in [0.2, 0.25) is 0 Å². The molecule has 4 nitrogen and oxygen atoms in total. The van der Waals surface area contributed by atoms with E-state index in [2.05, 4.69) is 10.2 Å². The van der Waals surface area contributed by atoms with Gasteiger partial charge in [0.05, 0.1) is 19.3 Å². The van der Waals surface area contributed by atoms with Gasteiger partial charge in [-0.1, -0.05) is 30.3 Å². The van der Waals surface area contributed by atoms with Crippen LogP contribution in [0.3, 0.4) is 0 Å². The lowest BCUT2D eigenvalue weighted by molar-refractivity contribution is 0.0162. The van der Waals surface area contributed by atoms with Crippen LogP contribution in [0.15, 0.2) is 48.5 Å². The zero-order valence-electron chi connectivity index (χ0n) is 13.8. The van der Waals surface area contributed by atoms with E-state index in [-0.39, 0.29) is 11.6 Å². The molecule has 6 heteroatoms. The number of hydrogen-bond donors (Lipinski definition) is 1. The van der Waals surface area contributed by atoms with Gasteiger partial charge >= 0.3 is 0 Å². The molecule has 0 spiro atoms. The van der Waals surface area contributed by atoms with E-state index < -0.39 is 17.5 Å². The largest absolute Gasteiger partial charge is 0.379 e. The van der Waals surface area contributed by atoms with E-state index in [4.69, 9.17) is 4.74 Å². The molecule has 0 radical (unpaired) electrons. The molecule has 1 amide bonds. The first kappa shape index (κ1) is 17.5. The number of hydrogen-bond acceptors (Lipinski definition) is 3. The van der Waals surface area contributed by atoms with Crippen molar-refractivity contribution in [1.29, 1.82) is 0 Å². The Morgan fingerprint density at radius 1 is 1.08 bits per heavy atom. The van der Waals surface area contributed by atoms with Crippen molar-refractivity contribution in [2.24, 2.45) is 0 Å². The van der Waals surface area contributed by atoms with Crippen LogP contribution in [0.5, 0.6) is 0 Å². The SMILES string of the molecule is O=C(NC[C@H](c1ccccc1)N1CCOCC1)c1cc(F)cc(F)c1. The molecule has 2 aromatic carbocycles. The van der Waals surface area contributed by atoms with Gasteiger partial charge in [0.1, 0.15) is 11.6 Å². The minimum Gasteiger partial charge on any atom is -0.379 e. The van der Waals surface area contributed by atoms with Crippen LogP contribution in [0.4, 0.5) is 8.78 Å². The first-order valence-electron chi connectivity index (χ1n) is 8.24. The second kappa shape index (κ2) is 8.18. The number of halogens is 2. The summed E-state index contributed by atoms with van der Waals surface area (Å²) in [5, 5.41) is 2.79. The van der Waals surface area contributed by atoms with Crippen molar-refractivity contribution < 1.29 is 18.3 Å². The fraction of sp³-hybridized carbons (Fsp3) is 0.316. The molecule has 3 rings (SSSR count). The Balaban J connectivity index is 1.72. The summed E-state index contributed by atoms with van der Waals surface area (Å²) >= 11 is 0. The van der Waals surface area contributed by atoms with Gasteiger partial charge < -0.3 is 10.1 Å². The van der Waals surface area contributed by atoms with E-state index >= 15 is 0 Å². The number of carbonyl (C=O) groups is 1. The minimum absolute atomic E-state index is 0.0209. The Kier molecular flexibility index (Phi) is 5.73. The zero-order valence-corrected chi connectivity index (χ0v) is 13.8. The number of carbonyl (C=O) groups excluding carboxylic acids is 1. The molecule has 0 unspecified atom stereocenters. The average Bonchev–Trinajstić information content (AvgIpc) is 2.63. The second-order valence-electron chi connectivity index (χ2n) is 5.94. The van der Waals surface area contributed by atoms with Gasteiger partial charge in [0, 0.05) is 31.3 Å². The third kappa shape index (κ3) is 4.61. The van der Waals surface area contributed by atoms with Crippen LogP contribution in [-0.2, 0) is 4.74 Å². The summed E-state index contributed by atoms with van der Waals surface area (Å²) < 4.78 is 32.0. The van der Waals surface area contributed by atoms with Gasteiger partial charge in [-0.15, -0.1) is 0 Å². The predicted octanol–water partition coefficient (Wildman–Crippen LogP) is 2.77. The predicted molar refractivity (Wildman–Crippen MR) is 90.3 cm³/mol. The summed E-state index contributed by atoms with van der Waals surface area (Å²) in [4.78, 5) is 14.5. The van der Waals surface area contributed by atoms with Crippen molar-refractivity contribution in [2.75, 3.05) is 32.8 Å². The second-order valence-corrected chi connectivity index (χ2v) is 5.94. The number of benzene rings is 2. The van der Waals surface area contributed by atoms with Crippen LogP contribution in [-0.4, -0.2) is 43.7 Å². The number of amides is 1. The monoisotopic (exact) mass is 346 g/mol. The molecule has 1 N–H and O–H groups in total. The molecule has 25 heavy (non-hydrogen) atoms. The molecule has 0 aliphatic carbocycles. The van der Waals surface area contributed by atoms with Crippen molar-refractivity contribution in [3.05, 3.63) is 71.3 Å². The van der Waals surface area contributed by atoms with Crippen LogP contribution in [0.1, 0.15) is 22.0 Å². The van der Waals surface area contributed by atoms with Gasteiger partial charge in [-0.25, -0.2) is 8.78 Å². The lowest BCUT2D eigenvalue weighted by atomic mass is 10.0. The Morgan fingerprint density at radius 2 is 1.72 bits per heavy atom. The normalized spacial score (nSPS) is 16.4. The van der Waals surface area contributed by atoms with Gasteiger partial charge in [0.2, 0.25) is 0 Å². The first-order valence-corrected chi connectivity index (χ1v) is 8.24. The van der Waals surface area contributed by atoms with Gasteiger partial charge in [-0.05, 0) is 17.7 Å². The van der Waals surface area contributed by atoms with E-state index in [1.807, 2.05) is 30.3 Å². The standard InChI is InChI=1S/C19H20F2N2O2/c20-16-10-15(11-17(21)12-16)19(24)22-13-18(14-4-2-1-3-5-14)23-6-8-25-9-7-23/h1-5,10-12,18H,6-9,13H2,(H,22,24)/t18-/m1/s1. The van der Waals surface area contributed by atoms with Crippen LogP contribution >= 0.6 is 0 Å². The summed E-state index contributed by atoms with van der Waals surface area (Å²) in [6.07, 6.45) is 0. The van der Waals surface area contributed by atoms with E-state index in [0.717, 1.165) is 36.9 Å². The molecular weight excluding hydrogens is 326 g/mol. The van der Waals surface area contributed by atoms with Crippen LogP contribution in [0, 0.1) is 11.6 Å². The highest BCUT2D eigenvalue weighted by atomic mass is 19.1. The minimum atomic E-state index is -0.766. The van der Waals surface area contributed by atoms with Gasteiger partial charge in [-0.2, -0.15) is 0 Å². The Hall–Kier alpha value is -2.31. The highest BCUT2D eigenvalue weighted by Gasteiger charge is 2.23. The number of nitrogens with zero attached hydrogens (tertiary/aromatic N) is 1. The number of nitrogens with one attached hydrogen (secondary N) is 1. The van der Waals surface area contributed by atoms with Crippen LogP contribution < -0.4 is 5.32 Å². The third-order valence-electron chi connectivity index (χ3n) is 4.25. The van der Waals surface area contributed by atoms with Crippen LogP contribution in [0.25, 0.3) is 0 Å². The Morgan fingerprint density at radius 3 is 2.36 bits per heavy atom. The molecule has 1 atom stereocenters. The van der Waals surface area contributed by atoms with E-state index in [1.54, 1.807) is 0 Å². The lowest BCUT2D eigenvalue weighted by Gasteiger charge is -2.35. The van der Waals surface area contributed by atoms with Gasteiger partial charge in [0.15, 0.2) is 0 Å². The van der Waals surface area contributed by atoms with Crippen molar-refractivity contribution in [2.45, 2.75) is 6.04 Å². The molecular formula is C19H20F2N2O2. The number of morpholine rings is 1. The van der Waals surface area contributed by atoms with Gasteiger partial charge in [-0.3, -0.25) is 9.69 Å².